The van der Waals surface area contributed by atoms with Crippen LogP contribution in [0.5, 0.6) is 0 Å². The first kappa shape index (κ1) is 22.3. The fourth-order valence-corrected chi connectivity index (χ4v) is 3.95. The quantitative estimate of drug-likeness (QED) is 0.382. The van der Waals surface area contributed by atoms with Crippen molar-refractivity contribution >= 4 is 40.8 Å². The molecule has 1 unspecified atom stereocenters. The molecule has 0 N–H and O–H groups in total. The normalized spacial score (nSPS) is 17.6. The van der Waals surface area contributed by atoms with Crippen molar-refractivity contribution < 1.29 is 28.7 Å². The molecule has 2 aromatic carbocycles. The van der Waals surface area contributed by atoms with Gasteiger partial charge in [-0.15, -0.1) is 0 Å². The Balaban J connectivity index is 1.91. The highest BCUT2D eigenvalue weighted by Crippen LogP contribution is 2.44. The Bertz CT molecular complexity index is 1120. The van der Waals surface area contributed by atoms with Crippen molar-refractivity contribution in [3.63, 3.8) is 0 Å². The lowest BCUT2D eigenvalue weighted by molar-refractivity contribution is -0.384. The number of hydrogen-bond acceptors (Lipinski definition) is 9. The van der Waals surface area contributed by atoms with E-state index in [4.69, 9.17) is 14.2 Å². The first-order valence-corrected chi connectivity index (χ1v) is 10.4. The minimum absolute atomic E-state index is 0.0578. The molecule has 0 aromatic heterocycles. The maximum absolute atomic E-state index is 12.0. The summed E-state index contributed by atoms with van der Waals surface area (Å²) in [4.78, 5) is 38.9. The van der Waals surface area contributed by atoms with Gasteiger partial charge in [0.25, 0.3) is 5.69 Å². The minimum Gasteiger partial charge on any atom is -0.434 e. The number of anilines is 3. The van der Waals surface area contributed by atoms with Crippen LogP contribution in [-0.4, -0.2) is 49.4 Å². The van der Waals surface area contributed by atoms with Crippen molar-refractivity contribution in [2.24, 2.45) is 0 Å². The zero-order valence-electron chi connectivity index (χ0n) is 18.2. The highest BCUT2D eigenvalue weighted by Gasteiger charge is 2.38. The van der Waals surface area contributed by atoms with Crippen molar-refractivity contribution in [1.29, 1.82) is 0 Å². The van der Waals surface area contributed by atoms with Crippen LogP contribution in [0.3, 0.4) is 0 Å². The Labute approximate surface area is 190 Å². The predicted molar refractivity (Wildman–Crippen MR) is 120 cm³/mol. The molecule has 0 amide bonds. The average molecular weight is 453 g/mol. The van der Waals surface area contributed by atoms with Gasteiger partial charge in [-0.1, -0.05) is 18.2 Å². The van der Waals surface area contributed by atoms with E-state index in [0.29, 0.717) is 37.6 Å². The van der Waals surface area contributed by atoms with Crippen LogP contribution in [0.2, 0.25) is 0 Å². The molecule has 4 rings (SSSR count). The maximum Gasteiger partial charge on any atom is 0.307 e. The van der Waals surface area contributed by atoms with Gasteiger partial charge < -0.3 is 19.1 Å². The third-order valence-electron chi connectivity index (χ3n) is 5.30. The zero-order chi connectivity index (χ0) is 23.5. The number of esters is 2. The Morgan fingerprint density at radius 3 is 2.45 bits per heavy atom. The lowest BCUT2D eigenvalue weighted by atomic mass is 10.0. The zero-order valence-corrected chi connectivity index (χ0v) is 18.2. The third kappa shape index (κ3) is 4.65. The predicted octanol–water partition coefficient (Wildman–Crippen LogP) is 3.38. The first-order valence-electron chi connectivity index (χ1n) is 10.4. The molecule has 10 heteroatoms. The van der Waals surface area contributed by atoms with Gasteiger partial charge in [0.15, 0.2) is 5.76 Å². The molecule has 0 bridgehead atoms. The van der Waals surface area contributed by atoms with Crippen LogP contribution in [0.25, 0.3) is 6.08 Å². The minimum atomic E-state index is -1.21. The number of fused-ring (bicyclic) bond motifs is 1. The molecule has 33 heavy (non-hydrogen) atoms. The molecule has 1 atom stereocenters. The van der Waals surface area contributed by atoms with E-state index >= 15 is 0 Å². The lowest BCUT2D eigenvalue weighted by Crippen LogP contribution is -2.40. The maximum atomic E-state index is 12.0. The Hall–Kier alpha value is -3.92. The van der Waals surface area contributed by atoms with Crippen LogP contribution in [0.1, 0.15) is 19.4 Å². The summed E-state index contributed by atoms with van der Waals surface area (Å²) in [5.41, 5.74) is 2.02. The standard InChI is InChI=1S/C23H23N3O7/c1-15(27)32-22-13-17-5-3-4-6-19(17)25(23(22)33-16(2)28)21-14-18(7-8-20(21)26(29)30)24-9-11-31-12-10-24/h3-8,13-14,23H,9-12H2,1-2H3. The molecule has 0 saturated carbocycles. The Morgan fingerprint density at radius 2 is 1.79 bits per heavy atom. The Morgan fingerprint density at radius 1 is 1.06 bits per heavy atom. The molecule has 0 radical (unpaired) electrons. The SMILES string of the molecule is CC(=O)OC1=Cc2ccccc2N(c2cc(N3CCOCC3)ccc2[N+](=O)[O-])C1OC(C)=O. The summed E-state index contributed by atoms with van der Waals surface area (Å²) in [6.07, 6.45) is 0.387. The largest absolute Gasteiger partial charge is 0.434 e. The van der Waals surface area contributed by atoms with Crippen LogP contribution in [-0.2, 0) is 23.8 Å². The summed E-state index contributed by atoms with van der Waals surface area (Å²) >= 11 is 0. The first-order chi connectivity index (χ1) is 15.8. The number of nitrogens with zero attached hydrogens (tertiary/aromatic N) is 3. The number of nitro benzene ring substituents is 1. The smallest absolute Gasteiger partial charge is 0.307 e. The van der Waals surface area contributed by atoms with Gasteiger partial charge in [-0.2, -0.15) is 0 Å². The monoisotopic (exact) mass is 453 g/mol. The number of benzene rings is 2. The van der Waals surface area contributed by atoms with Gasteiger partial charge in [0.05, 0.1) is 23.8 Å². The number of carbonyl (C=O) groups excluding carboxylic acids is 2. The number of carbonyl (C=O) groups is 2. The molecular formula is C23H23N3O7. The summed E-state index contributed by atoms with van der Waals surface area (Å²) in [5.74, 6) is -1.17. The second-order valence-electron chi connectivity index (χ2n) is 7.56. The van der Waals surface area contributed by atoms with E-state index in [1.54, 1.807) is 42.5 Å². The molecule has 1 fully saturated rings. The molecule has 0 aliphatic carbocycles. The molecule has 2 aliphatic rings. The van der Waals surface area contributed by atoms with E-state index in [1.165, 1.54) is 24.8 Å². The van der Waals surface area contributed by atoms with Crippen LogP contribution < -0.4 is 9.80 Å². The molecule has 2 aromatic rings. The summed E-state index contributed by atoms with van der Waals surface area (Å²) in [5, 5.41) is 12.0. The summed E-state index contributed by atoms with van der Waals surface area (Å²) in [6.45, 7) is 4.84. The van der Waals surface area contributed by atoms with E-state index in [2.05, 4.69) is 4.90 Å². The summed E-state index contributed by atoms with van der Waals surface area (Å²) < 4.78 is 16.3. The second kappa shape index (κ2) is 9.29. The number of para-hydroxylation sites is 1. The third-order valence-corrected chi connectivity index (χ3v) is 5.30. The topological polar surface area (TPSA) is 111 Å². The fraction of sp³-hybridized carbons (Fsp3) is 0.304. The van der Waals surface area contributed by atoms with Gasteiger partial charge in [0.1, 0.15) is 5.69 Å². The molecule has 2 aliphatic heterocycles. The molecule has 10 nitrogen and oxygen atoms in total. The van der Waals surface area contributed by atoms with Gasteiger partial charge in [-0.05, 0) is 24.3 Å². The van der Waals surface area contributed by atoms with E-state index in [9.17, 15) is 19.7 Å². The van der Waals surface area contributed by atoms with Crippen LogP contribution in [0.4, 0.5) is 22.7 Å². The van der Waals surface area contributed by atoms with Gasteiger partial charge >= 0.3 is 11.9 Å². The molecule has 2 heterocycles. The Kier molecular flexibility index (Phi) is 6.27. The van der Waals surface area contributed by atoms with Gasteiger partial charge in [-0.3, -0.25) is 24.6 Å². The number of ether oxygens (including phenoxy) is 3. The summed E-state index contributed by atoms with van der Waals surface area (Å²) in [6, 6.07) is 11.9. The molecule has 1 saturated heterocycles. The number of hydrogen-bond donors (Lipinski definition) is 0. The fourth-order valence-electron chi connectivity index (χ4n) is 3.95. The van der Waals surface area contributed by atoms with Crippen LogP contribution >= 0.6 is 0 Å². The number of nitro groups is 1. The lowest BCUT2D eigenvalue weighted by Gasteiger charge is -2.37. The molecular weight excluding hydrogens is 430 g/mol. The van der Waals surface area contributed by atoms with Crippen LogP contribution in [0, 0.1) is 10.1 Å². The number of morpholine rings is 1. The summed E-state index contributed by atoms with van der Waals surface area (Å²) in [7, 11) is 0. The highest BCUT2D eigenvalue weighted by atomic mass is 16.6. The van der Waals surface area contributed by atoms with E-state index in [0.717, 1.165) is 5.69 Å². The second-order valence-corrected chi connectivity index (χ2v) is 7.56. The molecule has 0 spiro atoms. The van der Waals surface area contributed by atoms with Crippen LogP contribution in [0.15, 0.2) is 48.2 Å². The van der Waals surface area contributed by atoms with E-state index in [1.807, 2.05) is 0 Å². The van der Waals surface area contributed by atoms with Crippen molar-refractivity contribution in [3.8, 4) is 0 Å². The van der Waals surface area contributed by atoms with Crippen molar-refractivity contribution in [3.05, 3.63) is 63.9 Å². The van der Waals surface area contributed by atoms with E-state index in [-0.39, 0.29) is 17.1 Å². The molecule has 172 valence electrons. The van der Waals surface area contributed by atoms with Crippen molar-refractivity contribution in [1.82, 2.24) is 0 Å². The highest BCUT2D eigenvalue weighted by molar-refractivity contribution is 5.86. The van der Waals surface area contributed by atoms with Crippen molar-refractivity contribution in [2.45, 2.75) is 20.1 Å². The van der Waals surface area contributed by atoms with Gasteiger partial charge in [0.2, 0.25) is 6.23 Å². The van der Waals surface area contributed by atoms with Crippen molar-refractivity contribution in [2.75, 3.05) is 36.1 Å². The van der Waals surface area contributed by atoms with E-state index < -0.39 is 23.1 Å². The average Bonchev–Trinajstić information content (AvgIpc) is 2.79. The number of rotatable bonds is 5. The van der Waals surface area contributed by atoms with Gasteiger partial charge in [0, 0.05) is 44.3 Å². The van der Waals surface area contributed by atoms with Gasteiger partial charge in [-0.25, -0.2) is 0 Å².